The molecule has 0 amide bonds. The van der Waals surface area contributed by atoms with E-state index < -0.39 is 0 Å². The SMILES string of the molecule is Nc1ccc(F)cc1OCc1nccs1. The number of nitrogen functional groups attached to an aromatic ring is 1. The molecule has 0 saturated carbocycles. The second kappa shape index (κ2) is 4.27. The highest BCUT2D eigenvalue weighted by Gasteiger charge is 2.03. The molecule has 2 aromatic rings. The minimum atomic E-state index is -0.363. The van der Waals surface area contributed by atoms with Crippen molar-refractivity contribution in [3.05, 3.63) is 40.6 Å². The predicted octanol–water partition coefficient (Wildman–Crippen LogP) is 2.44. The molecule has 0 saturated heterocycles. The van der Waals surface area contributed by atoms with Crippen LogP contribution in [-0.2, 0) is 6.61 Å². The topological polar surface area (TPSA) is 48.1 Å². The van der Waals surface area contributed by atoms with Crippen molar-refractivity contribution in [1.82, 2.24) is 4.98 Å². The lowest BCUT2D eigenvalue weighted by Gasteiger charge is -2.06. The van der Waals surface area contributed by atoms with Crippen LogP contribution in [0, 0.1) is 5.82 Å². The lowest BCUT2D eigenvalue weighted by Crippen LogP contribution is -1.98. The van der Waals surface area contributed by atoms with Crippen LogP contribution in [0.15, 0.2) is 29.8 Å². The van der Waals surface area contributed by atoms with Crippen LogP contribution in [0.2, 0.25) is 0 Å². The fraction of sp³-hybridized carbons (Fsp3) is 0.100. The molecule has 0 aliphatic heterocycles. The van der Waals surface area contributed by atoms with Crippen molar-refractivity contribution in [3.63, 3.8) is 0 Å². The van der Waals surface area contributed by atoms with Crippen LogP contribution < -0.4 is 10.5 Å². The zero-order valence-corrected chi connectivity index (χ0v) is 8.63. The number of hydrogen-bond donors (Lipinski definition) is 1. The molecule has 0 bridgehead atoms. The highest BCUT2D eigenvalue weighted by Crippen LogP contribution is 2.23. The molecule has 1 heterocycles. The van der Waals surface area contributed by atoms with Gasteiger partial charge in [0.15, 0.2) is 0 Å². The molecular formula is C10H9FN2OS. The predicted molar refractivity (Wildman–Crippen MR) is 57.3 cm³/mol. The molecule has 5 heteroatoms. The van der Waals surface area contributed by atoms with Gasteiger partial charge in [-0.1, -0.05) is 0 Å². The Morgan fingerprint density at radius 3 is 3.07 bits per heavy atom. The smallest absolute Gasteiger partial charge is 0.145 e. The van der Waals surface area contributed by atoms with E-state index in [1.54, 1.807) is 6.20 Å². The molecular weight excluding hydrogens is 215 g/mol. The molecule has 0 atom stereocenters. The lowest BCUT2D eigenvalue weighted by molar-refractivity contribution is 0.305. The van der Waals surface area contributed by atoms with Crippen LogP contribution >= 0.6 is 11.3 Å². The fourth-order valence-corrected chi connectivity index (χ4v) is 1.62. The maximum atomic E-state index is 12.9. The lowest BCUT2D eigenvalue weighted by atomic mass is 10.3. The maximum absolute atomic E-state index is 12.9. The van der Waals surface area contributed by atoms with Gasteiger partial charge in [0.1, 0.15) is 23.2 Å². The van der Waals surface area contributed by atoms with Gasteiger partial charge in [-0.3, -0.25) is 0 Å². The molecule has 2 N–H and O–H groups in total. The first-order chi connectivity index (χ1) is 7.25. The van der Waals surface area contributed by atoms with Crippen molar-refractivity contribution in [2.24, 2.45) is 0 Å². The summed E-state index contributed by atoms with van der Waals surface area (Å²) in [5, 5.41) is 2.69. The molecule has 15 heavy (non-hydrogen) atoms. The van der Waals surface area contributed by atoms with E-state index in [2.05, 4.69) is 4.98 Å². The largest absolute Gasteiger partial charge is 0.484 e. The second-order valence-electron chi connectivity index (χ2n) is 2.90. The molecule has 0 radical (unpaired) electrons. The molecule has 2 rings (SSSR count). The van der Waals surface area contributed by atoms with Crippen molar-refractivity contribution in [3.8, 4) is 5.75 Å². The summed E-state index contributed by atoms with van der Waals surface area (Å²) in [6.07, 6.45) is 1.69. The molecule has 0 spiro atoms. The second-order valence-corrected chi connectivity index (χ2v) is 3.88. The monoisotopic (exact) mass is 224 g/mol. The Balaban J connectivity index is 2.07. The van der Waals surface area contributed by atoms with E-state index in [-0.39, 0.29) is 5.82 Å². The van der Waals surface area contributed by atoms with Crippen molar-refractivity contribution < 1.29 is 9.13 Å². The van der Waals surface area contributed by atoms with Gasteiger partial charge in [0.25, 0.3) is 0 Å². The summed E-state index contributed by atoms with van der Waals surface area (Å²) in [4.78, 5) is 4.04. The summed E-state index contributed by atoms with van der Waals surface area (Å²) in [5.41, 5.74) is 6.04. The molecule has 1 aromatic carbocycles. The van der Waals surface area contributed by atoms with E-state index in [9.17, 15) is 4.39 Å². The standard InChI is InChI=1S/C10H9FN2OS/c11-7-1-2-8(12)9(5-7)14-6-10-13-3-4-15-10/h1-5H,6,12H2. The van der Waals surface area contributed by atoms with E-state index in [0.29, 0.717) is 18.0 Å². The number of thiazole rings is 1. The molecule has 1 aromatic heterocycles. The molecule has 3 nitrogen and oxygen atoms in total. The van der Waals surface area contributed by atoms with Crippen LogP contribution in [0.25, 0.3) is 0 Å². The first-order valence-electron chi connectivity index (χ1n) is 4.32. The van der Waals surface area contributed by atoms with Gasteiger partial charge in [-0.2, -0.15) is 0 Å². The quantitative estimate of drug-likeness (QED) is 0.814. The first kappa shape index (κ1) is 9.92. The van der Waals surface area contributed by atoms with Crippen molar-refractivity contribution in [2.45, 2.75) is 6.61 Å². The zero-order chi connectivity index (χ0) is 10.7. The van der Waals surface area contributed by atoms with Gasteiger partial charge in [-0.15, -0.1) is 11.3 Å². The van der Waals surface area contributed by atoms with Crippen LogP contribution in [-0.4, -0.2) is 4.98 Å². The van der Waals surface area contributed by atoms with Crippen LogP contribution in [0.4, 0.5) is 10.1 Å². The van der Waals surface area contributed by atoms with E-state index in [1.807, 2.05) is 5.38 Å². The fourth-order valence-electron chi connectivity index (χ4n) is 1.10. The molecule has 0 unspecified atom stereocenters. The Labute approximate surface area is 90.3 Å². The van der Waals surface area contributed by atoms with Crippen molar-refractivity contribution in [1.29, 1.82) is 0 Å². The first-order valence-corrected chi connectivity index (χ1v) is 5.20. The van der Waals surface area contributed by atoms with Gasteiger partial charge >= 0.3 is 0 Å². The summed E-state index contributed by atoms with van der Waals surface area (Å²) in [6.45, 7) is 0.311. The highest BCUT2D eigenvalue weighted by molar-refractivity contribution is 7.09. The van der Waals surface area contributed by atoms with Crippen LogP contribution in [0.5, 0.6) is 5.75 Å². The Morgan fingerprint density at radius 1 is 1.47 bits per heavy atom. The van der Waals surface area contributed by atoms with E-state index in [0.717, 1.165) is 5.01 Å². The van der Waals surface area contributed by atoms with Gasteiger partial charge in [0, 0.05) is 17.6 Å². The summed E-state index contributed by atoms with van der Waals surface area (Å²) in [5.74, 6) is -0.0106. The number of rotatable bonds is 3. The summed E-state index contributed by atoms with van der Waals surface area (Å²) in [6, 6.07) is 4.04. The van der Waals surface area contributed by atoms with Gasteiger partial charge in [0.2, 0.25) is 0 Å². The van der Waals surface area contributed by atoms with E-state index in [4.69, 9.17) is 10.5 Å². The number of nitrogens with two attached hydrogens (primary N) is 1. The minimum Gasteiger partial charge on any atom is -0.484 e. The summed E-state index contributed by atoms with van der Waals surface area (Å²) >= 11 is 1.48. The molecule has 0 fully saturated rings. The normalized spacial score (nSPS) is 10.2. The molecule has 0 aliphatic rings. The third-order valence-electron chi connectivity index (χ3n) is 1.81. The van der Waals surface area contributed by atoms with Gasteiger partial charge in [-0.05, 0) is 12.1 Å². The number of anilines is 1. The number of hydrogen-bond acceptors (Lipinski definition) is 4. The van der Waals surface area contributed by atoms with Crippen molar-refractivity contribution >= 4 is 17.0 Å². The number of ether oxygens (including phenoxy) is 1. The summed E-state index contributed by atoms with van der Waals surface area (Å²) < 4.78 is 18.2. The number of benzene rings is 1. The van der Waals surface area contributed by atoms with E-state index >= 15 is 0 Å². The Hall–Kier alpha value is -1.62. The Morgan fingerprint density at radius 2 is 2.33 bits per heavy atom. The number of aromatic nitrogens is 1. The number of halogens is 1. The Kier molecular flexibility index (Phi) is 2.82. The molecule has 0 aliphatic carbocycles. The number of nitrogens with zero attached hydrogens (tertiary/aromatic N) is 1. The average molecular weight is 224 g/mol. The zero-order valence-electron chi connectivity index (χ0n) is 7.81. The van der Waals surface area contributed by atoms with E-state index in [1.165, 1.54) is 29.5 Å². The minimum absolute atomic E-state index is 0.311. The van der Waals surface area contributed by atoms with Gasteiger partial charge in [0.05, 0.1) is 5.69 Å². The van der Waals surface area contributed by atoms with Gasteiger partial charge in [-0.25, -0.2) is 9.37 Å². The van der Waals surface area contributed by atoms with Crippen LogP contribution in [0.1, 0.15) is 5.01 Å². The third kappa shape index (κ3) is 2.44. The van der Waals surface area contributed by atoms with Gasteiger partial charge < -0.3 is 10.5 Å². The average Bonchev–Trinajstić information content (AvgIpc) is 2.72. The third-order valence-corrected chi connectivity index (χ3v) is 2.56. The highest BCUT2D eigenvalue weighted by atomic mass is 32.1. The van der Waals surface area contributed by atoms with Crippen LogP contribution in [0.3, 0.4) is 0 Å². The Bertz CT molecular complexity index is 445. The maximum Gasteiger partial charge on any atom is 0.145 e. The van der Waals surface area contributed by atoms with Crippen molar-refractivity contribution in [2.75, 3.05) is 5.73 Å². The summed E-state index contributed by atoms with van der Waals surface area (Å²) in [7, 11) is 0. The molecule has 78 valence electrons.